The summed E-state index contributed by atoms with van der Waals surface area (Å²) in [7, 11) is 1.37. The van der Waals surface area contributed by atoms with Crippen LogP contribution in [0.5, 0.6) is 6.01 Å². The predicted octanol–water partition coefficient (Wildman–Crippen LogP) is 2.48. The summed E-state index contributed by atoms with van der Waals surface area (Å²) in [5.74, 6) is -0.345. The number of hydrogen-bond acceptors (Lipinski definition) is 7. The van der Waals surface area contributed by atoms with Gasteiger partial charge in [-0.05, 0) is 22.6 Å². The minimum Gasteiger partial charge on any atom is -0.449 e. The maximum atomic E-state index is 11.0. The minimum absolute atomic E-state index is 0.0688. The van der Waals surface area contributed by atoms with Gasteiger partial charge in [0.15, 0.2) is 0 Å². The fourth-order valence-corrected chi connectivity index (χ4v) is 3.12. The predicted molar refractivity (Wildman–Crippen MR) is 96.0 cm³/mol. The van der Waals surface area contributed by atoms with Gasteiger partial charge in [0.2, 0.25) is 0 Å². The molecule has 0 aliphatic carbocycles. The Morgan fingerprint density at radius 1 is 1.37 bits per heavy atom. The monoisotopic (exact) mass is 412 g/mol. The topological polar surface area (TPSA) is 121 Å². The van der Waals surface area contributed by atoms with E-state index in [1.54, 1.807) is 24.4 Å². The number of aliphatic hydroxyl groups is 1. The van der Waals surface area contributed by atoms with Gasteiger partial charge in [0.05, 0.1) is 32.5 Å². The second kappa shape index (κ2) is 7.91. The van der Waals surface area contributed by atoms with Crippen LogP contribution >= 0.6 is 23.2 Å². The van der Waals surface area contributed by atoms with Crippen molar-refractivity contribution in [1.29, 1.82) is 0 Å². The molecular formula is C15H14Cl2N6O4. The van der Waals surface area contributed by atoms with Crippen LogP contribution < -0.4 is 4.74 Å². The van der Waals surface area contributed by atoms with Gasteiger partial charge in [-0.25, -0.2) is 4.68 Å². The summed E-state index contributed by atoms with van der Waals surface area (Å²) < 4.78 is 8.12. The number of benzene rings is 1. The quantitative estimate of drug-likeness (QED) is 0.467. The Morgan fingerprint density at radius 3 is 2.74 bits per heavy atom. The van der Waals surface area contributed by atoms with Crippen molar-refractivity contribution in [1.82, 2.24) is 24.5 Å². The van der Waals surface area contributed by atoms with Gasteiger partial charge in [-0.3, -0.25) is 4.57 Å². The van der Waals surface area contributed by atoms with Crippen molar-refractivity contribution >= 4 is 29.0 Å². The Hall–Kier alpha value is -2.69. The highest BCUT2D eigenvalue weighted by Gasteiger charge is 2.25. The first-order chi connectivity index (χ1) is 12.9. The van der Waals surface area contributed by atoms with E-state index in [0.29, 0.717) is 21.3 Å². The van der Waals surface area contributed by atoms with Crippen LogP contribution in [-0.2, 0) is 13.2 Å². The van der Waals surface area contributed by atoms with Gasteiger partial charge >= 0.3 is 11.8 Å². The minimum atomic E-state index is -0.609. The Morgan fingerprint density at radius 2 is 2.15 bits per heavy atom. The lowest BCUT2D eigenvalue weighted by Gasteiger charge is -2.19. The Labute approximate surface area is 163 Å². The molecule has 1 unspecified atom stereocenters. The molecule has 27 heavy (non-hydrogen) atoms. The summed E-state index contributed by atoms with van der Waals surface area (Å²) >= 11 is 12.3. The van der Waals surface area contributed by atoms with E-state index >= 15 is 0 Å². The first-order valence-electron chi connectivity index (χ1n) is 7.65. The molecule has 1 N–H and O–H groups in total. The lowest BCUT2D eigenvalue weighted by atomic mass is 10.1. The van der Waals surface area contributed by atoms with Gasteiger partial charge in [0.25, 0.3) is 0 Å². The number of imidazole rings is 1. The zero-order chi connectivity index (χ0) is 19.6. The number of rotatable bonds is 7. The normalized spacial score (nSPS) is 12.1. The molecule has 2 aromatic heterocycles. The number of nitro groups is 1. The number of nitrogens with zero attached hydrogens (tertiary/aromatic N) is 6. The van der Waals surface area contributed by atoms with Crippen LogP contribution in [0.2, 0.25) is 10.0 Å². The lowest BCUT2D eigenvalue weighted by Crippen LogP contribution is -2.19. The maximum absolute atomic E-state index is 11.0. The molecule has 12 heteroatoms. The maximum Gasteiger partial charge on any atom is 0.414 e. The highest BCUT2D eigenvalue weighted by atomic mass is 35.5. The van der Waals surface area contributed by atoms with Crippen LogP contribution in [0.1, 0.15) is 17.3 Å². The van der Waals surface area contributed by atoms with Crippen molar-refractivity contribution in [2.24, 2.45) is 0 Å². The first kappa shape index (κ1) is 19.1. The van der Waals surface area contributed by atoms with Crippen LogP contribution in [-0.4, -0.2) is 41.7 Å². The first-order valence-corrected chi connectivity index (χ1v) is 8.40. The van der Waals surface area contributed by atoms with E-state index in [-0.39, 0.29) is 25.0 Å². The molecular weight excluding hydrogens is 399 g/mol. The average Bonchev–Trinajstić information content (AvgIpc) is 3.27. The Kier molecular flexibility index (Phi) is 5.59. The number of methoxy groups -OCH3 is 1. The molecule has 3 aromatic rings. The van der Waals surface area contributed by atoms with E-state index in [2.05, 4.69) is 15.3 Å². The SMILES string of the molecule is COc1nc([N+](=O)[O-])cn1CC(c1ccc(Cl)cc1Cl)n1cc(CO)nn1. The van der Waals surface area contributed by atoms with E-state index in [1.165, 1.54) is 22.6 Å². The second-order valence-corrected chi connectivity index (χ2v) is 6.37. The van der Waals surface area contributed by atoms with E-state index in [9.17, 15) is 15.2 Å². The van der Waals surface area contributed by atoms with Crippen molar-refractivity contribution in [3.8, 4) is 6.01 Å². The molecule has 0 spiro atoms. The van der Waals surface area contributed by atoms with E-state index in [4.69, 9.17) is 27.9 Å². The van der Waals surface area contributed by atoms with Gasteiger partial charge in [-0.1, -0.05) is 34.5 Å². The fraction of sp³-hybridized carbons (Fsp3) is 0.267. The van der Waals surface area contributed by atoms with Gasteiger partial charge < -0.3 is 20.0 Å². The lowest BCUT2D eigenvalue weighted by molar-refractivity contribution is -0.389. The van der Waals surface area contributed by atoms with Crippen LogP contribution in [0.3, 0.4) is 0 Å². The molecule has 1 atom stereocenters. The van der Waals surface area contributed by atoms with Crippen LogP contribution in [0.15, 0.2) is 30.6 Å². The Balaban J connectivity index is 2.06. The summed E-state index contributed by atoms with van der Waals surface area (Å²) in [6, 6.07) is 4.55. The Bertz CT molecular complexity index is 973. The smallest absolute Gasteiger partial charge is 0.414 e. The van der Waals surface area contributed by atoms with Gasteiger partial charge in [-0.15, -0.1) is 5.10 Å². The largest absolute Gasteiger partial charge is 0.449 e. The van der Waals surface area contributed by atoms with E-state index in [0.717, 1.165) is 0 Å². The summed E-state index contributed by atoms with van der Waals surface area (Å²) in [6.07, 6.45) is 2.83. The van der Waals surface area contributed by atoms with Gasteiger partial charge in [0.1, 0.15) is 11.9 Å². The van der Waals surface area contributed by atoms with Crippen LogP contribution in [0.4, 0.5) is 5.82 Å². The summed E-state index contributed by atoms with van der Waals surface area (Å²) in [6.45, 7) is -0.111. The molecule has 142 valence electrons. The molecule has 2 heterocycles. The summed E-state index contributed by atoms with van der Waals surface area (Å²) in [5, 5.41) is 29.0. The van der Waals surface area contributed by atoms with Crippen molar-refractivity contribution < 1.29 is 14.8 Å². The average molecular weight is 413 g/mol. The number of hydrogen-bond donors (Lipinski definition) is 1. The molecule has 0 bridgehead atoms. The molecule has 0 saturated heterocycles. The van der Waals surface area contributed by atoms with Gasteiger partial charge in [0, 0.05) is 15.0 Å². The molecule has 0 radical (unpaired) electrons. The third kappa shape index (κ3) is 4.02. The standard InChI is InChI=1S/C15H14Cl2N6O4/c1-27-15-18-14(23(25)26)7-21(15)6-13(22-5-10(8-24)19-20-22)11-3-2-9(16)4-12(11)17/h2-5,7,13,24H,6,8H2,1H3. The molecule has 1 aromatic carbocycles. The molecule has 0 saturated carbocycles. The van der Waals surface area contributed by atoms with E-state index < -0.39 is 11.0 Å². The van der Waals surface area contributed by atoms with Crippen LogP contribution in [0, 0.1) is 10.1 Å². The van der Waals surface area contributed by atoms with Gasteiger partial charge in [-0.2, -0.15) is 0 Å². The zero-order valence-corrected chi connectivity index (χ0v) is 15.5. The van der Waals surface area contributed by atoms with E-state index in [1.807, 2.05) is 0 Å². The number of aliphatic hydroxyl groups excluding tert-OH is 1. The molecule has 0 amide bonds. The molecule has 10 nitrogen and oxygen atoms in total. The van der Waals surface area contributed by atoms with Crippen molar-refractivity contribution in [2.75, 3.05) is 7.11 Å². The third-order valence-electron chi connectivity index (χ3n) is 3.83. The van der Waals surface area contributed by atoms with Crippen molar-refractivity contribution in [3.05, 3.63) is 62.0 Å². The molecule has 3 rings (SSSR count). The summed E-state index contributed by atoms with van der Waals surface area (Å²) in [5.41, 5.74) is 1.03. The molecule has 0 fully saturated rings. The zero-order valence-electron chi connectivity index (χ0n) is 14.0. The molecule has 0 aliphatic heterocycles. The number of aromatic nitrogens is 5. The third-order valence-corrected chi connectivity index (χ3v) is 4.39. The van der Waals surface area contributed by atoms with Crippen molar-refractivity contribution in [3.63, 3.8) is 0 Å². The number of ether oxygens (including phenoxy) is 1. The highest BCUT2D eigenvalue weighted by molar-refractivity contribution is 6.35. The summed E-state index contributed by atoms with van der Waals surface area (Å²) in [4.78, 5) is 14.2. The number of halogens is 2. The fourth-order valence-electron chi connectivity index (χ4n) is 2.59. The van der Waals surface area contributed by atoms with Crippen LogP contribution in [0.25, 0.3) is 0 Å². The molecule has 0 aliphatic rings. The van der Waals surface area contributed by atoms with Crippen molar-refractivity contribution in [2.45, 2.75) is 19.2 Å². The highest BCUT2D eigenvalue weighted by Crippen LogP contribution is 2.31. The second-order valence-electron chi connectivity index (χ2n) is 5.52.